The highest BCUT2D eigenvalue weighted by atomic mass is 16.5. The molecule has 0 amide bonds. The Morgan fingerprint density at radius 1 is 1.24 bits per heavy atom. The van der Waals surface area contributed by atoms with E-state index >= 15 is 0 Å². The van der Waals surface area contributed by atoms with Crippen molar-refractivity contribution in [1.82, 2.24) is 10.2 Å². The van der Waals surface area contributed by atoms with Gasteiger partial charge in [0.05, 0.1) is 0 Å². The van der Waals surface area contributed by atoms with Gasteiger partial charge in [-0.25, -0.2) is 0 Å². The molecule has 0 saturated heterocycles. The number of para-hydroxylation sites is 1. The number of fused-ring (bicyclic) bond motifs is 2. The first-order valence-electron chi connectivity index (χ1n) is 10.0. The van der Waals surface area contributed by atoms with Gasteiger partial charge in [0, 0.05) is 5.92 Å². The van der Waals surface area contributed by atoms with Crippen LogP contribution in [0.1, 0.15) is 39.2 Å². The zero-order valence-corrected chi connectivity index (χ0v) is 16.7. The molecule has 3 heteroatoms. The number of nitrogens with zero attached hydrogens (tertiary/aromatic N) is 1. The third-order valence-corrected chi connectivity index (χ3v) is 6.65. The lowest BCUT2D eigenvalue weighted by atomic mass is 9.59. The second-order valence-corrected chi connectivity index (χ2v) is 8.90. The highest BCUT2D eigenvalue weighted by molar-refractivity contribution is 5.37. The van der Waals surface area contributed by atoms with Crippen molar-refractivity contribution in [3.8, 4) is 5.75 Å². The summed E-state index contributed by atoms with van der Waals surface area (Å²) in [5.41, 5.74) is 1.39. The smallest absolute Gasteiger partial charge is 0.123 e. The van der Waals surface area contributed by atoms with Gasteiger partial charge in [-0.1, -0.05) is 32.0 Å². The molecule has 140 valence electrons. The number of benzene rings is 1. The highest BCUT2D eigenvalue weighted by Gasteiger charge is 2.51. The number of rotatable bonds is 6. The summed E-state index contributed by atoms with van der Waals surface area (Å²) in [5, 5.41) is 3.73. The molecule has 1 aromatic carbocycles. The van der Waals surface area contributed by atoms with Crippen LogP contribution in [-0.4, -0.2) is 44.2 Å². The van der Waals surface area contributed by atoms with Crippen molar-refractivity contribution in [3.05, 3.63) is 29.8 Å². The minimum absolute atomic E-state index is 0.00535. The Balaban J connectivity index is 1.64. The van der Waals surface area contributed by atoms with Crippen LogP contribution >= 0.6 is 0 Å². The third-order valence-electron chi connectivity index (χ3n) is 6.65. The molecule has 0 aromatic heterocycles. The van der Waals surface area contributed by atoms with Crippen LogP contribution in [0.4, 0.5) is 0 Å². The fraction of sp³-hybridized carbons (Fsp3) is 0.727. The predicted octanol–water partition coefficient (Wildman–Crippen LogP) is 3.83. The Hall–Kier alpha value is -1.06. The maximum absolute atomic E-state index is 6.56. The van der Waals surface area contributed by atoms with Crippen molar-refractivity contribution in [2.75, 3.05) is 33.7 Å². The molecule has 25 heavy (non-hydrogen) atoms. The summed E-state index contributed by atoms with van der Waals surface area (Å²) in [6.45, 7) is 10.7. The average Bonchev–Trinajstić information content (AvgIpc) is 2.55. The van der Waals surface area contributed by atoms with E-state index in [9.17, 15) is 0 Å². The number of ether oxygens (including phenoxy) is 1. The van der Waals surface area contributed by atoms with Crippen molar-refractivity contribution < 1.29 is 4.74 Å². The first-order valence-corrected chi connectivity index (χ1v) is 10.0. The monoisotopic (exact) mass is 344 g/mol. The van der Waals surface area contributed by atoms with Gasteiger partial charge in [0.25, 0.3) is 0 Å². The van der Waals surface area contributed by atoms with Crippen LogP contribution in [0.2, 0.25) is 0 Å². The topological polar surface area (TPSA) is 24.5 Å². The largest absolute Gasteiger partial charge is 0.487 e. The maximum atomic E-state index is 6.56. The van der Waals surface area contributed by atoms with E-state index in [-0.39, 0.29) is 5.60 Å². The molecule has 1 aliphatic heterocycles. The lowest BCUT2D eigenvalue weighted by Crippen LogP contribution is -2.56. The number of hydrogen-bond acceptors (Lipinski definition) is 3. The second-order valence-electron chi connectivity index (χ2n) is 8.90. The quantitative estimate of drug-likeness (QED) is 0.794. The molecule has 1 aliphatic carbocycles. The van der Waals surface area contributed by atoms with E-state index in [0.717, 1.165) is 37.7 Å². The third kappa shape index (κ3) is 4.03. The van der Waals surface area contributed by atoms with E-state index in [2.05, 4.69) is 69.3 Å². The first-order chi connectivity index (χ1) is 11.9. The molecule has 1 saturated carbocycles. The maximum Gasteiger partial charge on any atom is 0.123 e. The lowest BCUT2D eigenvalue weighted by Gasteiger charge is -2.53. The SMILES string of the molecule is C[C@@H]1[C@H](CNCCCN(C)C)[C@H](C)C[C@@]2(C)Oc3ccccc3C[C@@H]12. The van der Waals surface area contributed by atoms with Crippen molar-refractivity contribution >= 4 is 0 Å². The van der Waals surface area contributed by atoms with Crippen LogP contribution in [0.15, 0.2) is 24.3 Å². The van der Waals surface area contributed by atoms with Gasteiger partial charge < -0.3 is 15.0 Å². The molecule has 1 N–H and O–H groups in total. The standard InChI is InChI=1S/C22H36N2O/c1-16-14-22(3)20(13-18-9-6-7-10-21(18)25-22)17(2)19(16)15-23-11-8-12-24(4)5/h6-7,9-10,16-17,19-20,23H,8,11-15H2,1-5H3/t16-,17-,19-,20+,22-/m1/s1. The van der Waals surface area contributed by atoms with Crippen molar-refractivity contribution in [2.45, 2.75) is 45.6 Å². The Bertz CT molecular complexity index is 573. The Morgan fingerprint density at radius 2 is 2.00 bits per heavy atom. The zero-order valence-electron chi connectivity index (χ0n) is 16.7. The molecule has 0 unspecified atom stereocenters. The van der Waals surface area contributed by atoms with Crippen LogP contribution in [0, 0.1) is 23.7 Å². The summed E-state index contributed by atoms with van der Waals surface area (Å²) >= 11 is 0. The van der Waals surface area contributed by atoms with Gasteiger partial charge in [-0.05, 0) is 89.3 Å². The van der Waals surface area contributed by atoms with Gasteiger partial charge in [-0.15, -0.1) is 0 Å². The molecule has 2 aliphatic rings. The van der Waals surface area contributed by atoms with Crippen LogP contribution in [0.25, 0.3) is 0 Å². The Kier molecular flexibility index (Phi) is 5.75. The highest BCUT2D eigenvalue weighted by Crippen LogP contribution is 2.51. The van der Waals surface area contributed by atoms with E-state index in [1.54, 1.807) is 0 Å². The van der Waals surface area contributed by atoms with Crippen molar-refractivity contribution in [3.63, 3.8) is 0 Å². The van der Waals surface area contributed by atoms with Gasteiger partial charge in [-0.3, -0.25) is 0 Å². The van der Waals surface area contributed by atoms with E-state index in [1.807, 2.05) is 0 Å². The summed E-state index contributed by atoms with van der Waals surface area (Å²) in [5.74, 6) is 3.85. The van der Waals surface area contributed by atoms with Gasteiger partial charge in [0.2, 0.25) is 0 Å². The summed E-state index contributed by atoms with van der Waals surface area (Å²) in [7, 11) is 4.29. The molecule has 3 nitrogen and oxygen atoms in total. The molecule has 1 aromatic rings. The molecule has 0 spiro atoms. The minimum Gasteiger partial charge on any atom is -0.487 e. The molecular formula is C22H36N2O. The molecule has 1 heterocycles. The zero-order chi connectivity index (χ0) is 18.0. The molecular weight excluding hydrogens is 308 g/mol. The lowest BCUT2D eigenvalue weighted by molar-refractivity contribution is -0.0887. The van der Waals surface area contributed by atoms with Gasteiger partial charge in [-0.2, -0.15) is 0 Å². The van der Waals surface area contributed by atoms with Crippen molar-refractivity contribution in [2.24, 2.45) is 23.7 Å². The molecule has 5 atom stereocenters. The van der Waals surface area contributed by atoms with Crippen LogP contribution in [-0.2, 0) is 6.42 Å². The van der Waals surface area contributed by atoms with E-state index < -0.39 is 0 Å². The van der Waals surface area contributed by atoms with E-state index in [4.69, 9.17) is 4.74 Å². The summed E-state index contributed by atoms with van der Waals surface area (Å²) in [4.78, 5) is 2.26. The Labute approximate surface area is 154 Å². The Morgan fingerprint density at radius 3 is 2.76 bits per heavy atom. The number of nitrogens with one attached hydrogen (secondary N) is 1. The van der Waals surface area contributed by atoms with Crippen LogP contribution < -0.4 is 10.1 Å². The fourth-order valence-corrected chi connectivity index (χ4v) is 5.27. The van der Waals surface area contributed by atoms with Gasteiger partial charge in [0.1, 0.15) is 11.4 Å². The number of hydrogen-bond donors (Lipinski definition) is 1. The molecule has 0 bridgehead atoms. The average molecular weight is 345 g/mol. The summed E-state index contributed by atoms with van der Waals surface area (Å²) in [6.07, 6.45) is 3.55. The summed E-state index contributed by atoms with van der Waals surface area (Å²) < 4.78 is 6.56. The van der Waals surface area contributed by atoms with E-state index in [1.165, 1.54) is 18.4 Å². The molecule has 0 radical (unpaired) electrons. The molecule has 1 fully saturated rings. The normalized spacial score (nSPS) is 34.3. The summed E-state index contributed by atoms with van der Waals surface area (Å²) in [6, 6.07) is 8.63. The van der Waals surface area contributed by atoms with E-state index in [0.29, 0.717) is 17.8 Å². The van der Waals surface area contributed by atoms with Gasteiger partial charge in [0.15, 0.2) is 0 Å². The van der Waals surface area contributed by atoms with Crippen LogP contribution in [0.5, 0.6) is 5.75 Å². The minimum atomic E-state index is -0.00535. The molecule has 3 rings (SSSR count). The first kappa shape index (κ1) is 18.7. The van der Waals surface area contributed by atoms with Crippen molar-refractivity contribution in [1.29, 1.82) is 0 Å². The second kappa shape index (κ2) is 7.67. The van der Waals surface area contributed by atoms with Crippen LogP contribution in [0.3, 0.4) is 0 Å². The predicted molar refractivity (Wildman–Crippen MR) is 105 cm³/mol. The fourth-order valence-electron chi connectivity index (χ4n) is 5.27. The van der Waals surface area contributed by atoms with Gasteiger partial charge >= 0.3 is 0 Å².